The lowest BCUT2D eigenvalue weighted by Crippen LogP contribution is -2.60. The Hall–Kier alpha value is -1.93. The predicted molar refractivity (Wildman–Crippen MR) is 87.9 cm³/mol. The van der Waals surface area contributed by atoms with E-state index >= 15 is 0 Å². The maximum Gasteiger partial charge on any atom is 0.336 e. The molecule has 1 aromatic heterocycles. The molecular formula is C17H21NO6. The molecule has 1 aliphatic heterocycles. The van der Waals surface area contributed by atoms with Crippen LogP contribution in [0.3, 0.4) is 0 Å². The summed E-state index contributed by atoms with van der Waals surface area (Å²) in [4.78, 5) is 11.3. The fourth-order valence-electron chi connectivity index (χ4n) is 2.97. The van der Waals surface area contributed by atoms with E-state index in [9.17, 15) is 15.0 Å². The van der Waals surface area contributed by atoms with E-state index in [-0.39, 0.29) is 0 Å². The van der Waals surface area contributed by atoms with E-state index in [1.54, 1.807) is 24.3 Å². The van der Waals surface area contributed by atoms with Gasteiger partial charge in [-0.2, -0.15) is 0 Å². The Kier molecular flexibility index (Phi) is 4.86. The SMILES string of the molecule is CCC1O[C@H](OC)C(Nc2ccc3ccc(=O)oc3c2)[C@@H](O)[C@@H]1O. The van der Waals surface area contributed by atoms with Gasteiger partial charge in [0, 0.05) is 30.3 Å². The summed E-state index contributed by atoms with van der Waals surface area (Å²) in [6.07, 6.45) is -2.72. The van der Waals surface area contributed by atoms with Crippen LogP contribution in [-0.2, 0) is 9.47 Å². The van der Waals surface area contributed by atoms with Crippen LogP contribution < -0.4 is 10.9 Å². The van der Waals surface area contributed by atoms with E-state index in [1.807, 2.05) is 6.92 Å². The molecule has 0 amide bonds. The van der Waals surface area contributed by atoms with Crippen molar-refractivity contribution in [2.45, 2.75) is 44.0 Å². The number of fused-ring (bicyclic) bond motifs is 1. The first-order chi connectivity index (χ1) is 11.5. The van der Waals surface area contributed by atoms with Gasteiger partial charge in [-0.1, -0.05) is 6.92 Å². The lowest BCUT2D eigenvalue weighted by atomic mass is 9.95. The summed E-state index contributed by atoms with van der Waals surface area (Å²) in [5.41, 5.74) is 0.616. The number of aliphatic hydroxyl groups excluding tert-OH is 2. The highest BCUT2D eigenvalue weighted by atomic mass is 16.7. The molecule has 130 valence electrons. The highest BCUT2D eigenvalue weighted by Crippen LogP contribution is 2.27. The zero-order valence-electron chi connectivity index (χ0n) is 13.5. The summed E-state index contributed by atoms with van der Waals surface area (Å²) >= 11 is 0. The lowest BCUT2D eigenvalue weighted by molar-refractivity contribution is -0.248. The molecule has 7 heteroatoms. The van der Waals surface area contributed by atoms with Gasteiger partial charge in [-0.15, -0.1) is 0 Å². The van der Waals surface area contributed by atoms with E-state index in [0.717, 1.165) is 5.39 Å². The minimum Gasteiger partial charge on any atom is -0.423 e. The van der Waals surface area contributed by atoms with Gasteiger partial charge in [-0.05, 0) is 24.6 Å². The van der Waals surface area contributed by atoms with Gasteiger partial charge in [0.15, 0.2) is 6.29 Å². The van der Waals surface area contributed by atoms with Crippen molar-refractivity contribution in [3.63, 3.8) is 0 Å². The quantitative estimate of drug-likeness (QED) is 0.719. The van der Waals surface area contributed by atoms with Crippen LogP contribution in [0, 0.1) is 0 Å². The summed E-state index contributed by atoms with van der Waals surface area (Å²) in [7, 11) is 1.48. The maximum atomic E-state index is 11.3. The number of anilines is 1. The smallest absolute Gasteiger partial charge is 0.336 e. The number of benzene rings is 1. The first kappa shape index (κ1) is 16.9. The number of hydrogen-bond acceptors (Lipinski definition) is 7. The van der Waals surface area contributed by atoms with Crippen molar-refractivity contribution in [2.75, 3.05) is 12.4 Å². The van der Waals surface area contributed by atoms with E-state index in [0.29, 0.717) is 17.7 Å². The minimum atomic E-state index is -1.06. The van der Waals surface area contributed by atoms with Gasteiger partial charge < -0.3 is 29.4 Å². The molecule has 0 bridgehead atoms. The Morgan fingerprint density at radius 1 is 1.21 bits per heavy atom. The molecule has 0 saturated carbocycles. The fourth-order valence-corrected chi connectivity index (χ4v) is 2.97. The molecule has 0 aliphatic carbocycles. The first-order valence-corrected chi connectivity index (χ1v) is 7.88. The highest BCUT2D eigenvalue weighted by Gasteiger charge is 2.44. The maximum absolute atomic E-state index is 11.3. The molecular weight excluding hydrogens is 314 g/mol. The Morgan fingerprint density at radius 3 is 2.67 bits per heavy atom. The summed E-state index contributed by atoms with van der Waals surface area (Å²) in [5.74, 6) is 0. The molecule has 7 nitrogen and oxygen atoms in total. The number of rotatable bonds is 4. The molecule has 1 aliphatic rings. The highest BCUT2D eigenvalue weighted by molar-refractivity contribution is 5.80. The van der Waals surface area contributed by atoms with Crippen LogP contribution in [0.5, 0.6) is 0 Å². The molecule has 24 heavy (non-hydrogen) atoms. The Balaban J connectivity index is 1.86. The molecule has 1 aromatic carbocycles. The largest absolute Gasteiger partial charge is 0.423 e. The summed E-state index contributed by atoms with van der Waals surface area (Å²) in [5, 5.41) is 24.5. The minimum absolute atomic E-state index is 0.430. The van der Waals surface area contributed by atoms with Gasteiger partial charge in [-0.25, -0.2) is 4.79 Å². The summed E-state index contributed by atoms with van der Waals surface area (Å²) in [6, 6.07) is 7.62. The third kappa shape index (κ3) is 3.16. The summed E-state index contributed by atoms with van der Waals surface area (Å²) < 4.78 is 16.2. The molecule has 3 rings (SSSR count). The van der Waals surface area contributed by atoms with E-state index < -0.39 is 36.3 Å². The topological polar surface area (TPSA) is 101 Å². The monoisotopic (exact) mass is 335 g/mol. The molecule has 3 N–H and O–H groups in total. The predicted octanol–water partition coefficient (Wildman–Crippen LogP) is 1.08. The molecule has 2 unspecified atom stereocenters. The average molecular weight is 335 g/mol. The van der Waals surface area contributed by atoms with E-state index in [4.69, 9.17) is 13.9 Å². The van der Waals surface area contributed by atoms with Crippen molar-refractivity contribution in [3.8, 4) is 0 Å². The van der Waals surface area contributed by atoms with Gasteiger partial charge in [-0.3, -0.25) is 0 Å². The molecule has 1 saturated heterocycles. The number of hydrogen-bond donors (Lipinski definition) is 3. The number of aliphatic hydroxyl groups is 2. The third-order valence-corrected chi connectivity index (χ3v) is 4.29. The van der Waals surface area contributed by atoms with Gasteiger partial charge in [0.25, 0.3) is 0 Å². The molecule has 5 atom stereocenters. The van der Waals surface area contributed by atoms with Crippen molar-refractivity contribution in [1.82, 2.24) is 0 Å². The van der Waals surface area contributed by atoms with Crippen LogP contribution in [0.2, 0.25) is 0 Å². The van der Waals surface area contributed by atoms with Crippen LogP contribution in [0.25, 0.3) is 11.0 Å². The number of ether oxygens (including phenoxy) is 2. The van der Waals surface area contributed by atoms with Crippen molar-refractivity contribution >= 4 is 16.7 Å². The Bertz CT molecular complexity index is 758. The van der Waals surface area contributed by atoms with Crippen molar-refractivity contribution in [3.05, 3.63) is 40.8 Å². The number of methoxy groups -OCH3 is 1. The second-order valence-corrected chi connectivity index (χ2v) is 5.85. The van der Waals surface area contributed by atoms with Crippen molar-refractivity contribution in [1.29, 1.82) is 0 Å². The molecule has 0 spiro atoms. The fraction of sp³-hybridized carbons (Fsp3) is 0.471. The molecule has 0 radical (unpaired) electrons. The second kappa shape index (κ2) is 6.90. The van der Waals surface area contributed by atoms with Gasteiger partial charge in [0.05, 0.1) is 6.10 Å². The van der Waals surface area contributed by atoms with Gasteiger partial charge in [0.1, 0.15) is 23.8 Å². The lowest BCUT2D eigenvalue weighted by Gasteiger charge is -2.42. The first-order valence-electron chi connectivity index (χ1n) is 7.88. The Morgan fingerprint density at radius 2 is 1.96 bits per heavy atom. The molecule has 2 heterocycles. The third-order valence-electron chi connectivity index (χ3n) is 4.29. The second-order valence-electron chi connectivity index (χ2n) is 5.85. The van der Waals surface area contributed by atoms with Crippen molar-refractivity contribution in [2.24, 2.45) is 0 Å². The Labute approximate surface area is 138 Å². The van der Waals surface area contributed by atoms with Crippen LogP contribution in [0.4, 0.5) is 5.69 Å². The summed E-state index contributed by atoms with van der Waals surface area (Å²) in [6.45, 7) is 1.87. The average Bonchev–Trinajstić information content (AvgIpc) is 2.59. The normalized spacial score (nSPS) is 30.4. The van der Waals surface area contributed by atoms with E-state index in [2.05, 4.69) is 5.32 Å². The van der Waals surface area contributed by atoms with Crippen LogP contribution in [-0.4, -0.2) is 48.0 Å². The van der Waals surface area contributed by atoms with Gasteiger partial charge in [0.2, 0.25) is 0 Å². The van der Waals surface area contributed by atoms with Crippen molar-refractivity contribution < 1.29 is 24.1 Å². The van der Waals surface area contributed by atoms with Gasteiger partial charge >= 0.3 is 5.63 Å². The van der Waals surface area contributed by atoms with Crippen LogP contribution in [0.1, 0.15) is 13.3 Å². The number of nitrogens with one attached hydrogen (secondary N) is 1. The van der Waals surface area contributed by atoms with Crippen LogP contribution in [0.15, 0.2) is 39.5 Å². The molecule has 2 aromatic rings. The zero-order valence-corrected chi connectivity index (χ0v) is 13.5. The van der Waals surface area contributed by atoms with E-state index in [1.165, 1.54) is 13.2 Å². The zero-order chi connectivity index (χ0) is 17.3. The standard InChI is InChI=1S/C17H21NO6/c1-3-11-15(20)16(21)14(17(22-2)24-11)18-10-6-4-9-5-7-13(19)23-12(9)8-10/h4-8,11,14-18,20-21H,3H2,1-2H3/t11?,14?,15-,16-,17+/m1/s1. The van der Waals surface area contributed by atoms with Crippen LogP contribution >= 0.6 is 0 Å². The molecule has 1 fully saturated rings.